The molecule has 120 valence electrons. The van der Waals surface area contributed by atoms with E-state index in [0.29, 0.717) is 16.7 Å². The van der Waals surface area contributed by atoms with Crippen molar-refractivity contribution in [3.63, 3.8) is 0 Å². The number of nitrogens with zero attached hydrogens (tertiary/aromatic N) is 3. The van der Waals surface area contributed by atoms with E-state index in [2.05, 4.69) is 10.3 Å². The summed E-state index contributed by atoms with van der Waals surface area (Å²) in [6.07, 6.45) is 2.29. The molecule has 23 heavy (non-hydrogen) atoms. The Hall–Kier alpha value is -2.48. The molecule has 0 aliphatic heterocycles. The van der Waals surface area contributed by atoms with Crippen LogP contribution in [-0.2, 0) is 0 Å². The van der Waals surface area contributed by atoms with Gasteiger partial charge in [0.25, 0.3) is 11.6 Å². The first kappa shape index (κ1) is 15.4. The molecule has 1 N–H and O–H groups in total. The van der Waals surface area contributed by atoms with Crippen molar-refractivity contribution >= 4 is 33.8 Å². The minimum atomic E-state index is -0.509. The van der Waals surface area contributed by atoms with Crippen molar-refractivity contribution < 1.29 is 9.72 Å². The monoisotopic (exact) mass is 332 g/mol. The number of non-ortho nitro benzene ring substituents is 1. The minimum absolute atomic E-state index is 0.112. The fourth-order valence-electron chi connectivity index (χ4n) is 2.28. The largest absolute Gasteiger partial charge is 0.377 e. The van der Waals surface area contributed by atoms with Gasteiger partial charge in [-0.3, -0.25) is 20.2 Å². The Kier molecular flexibility index (Phi) is 3.99. The number of nitro benzene ring substituents is 1. The summed E-state index contributed by atoms with van der Waals surface area (Å²) in [6.45, 7) is 0. The molecular formula is C15H16N4O3S. The maximum atomic E-state index is 12.5. The van der Waals surface area contributed by atoms with Gasteiger partial charge in [-0.25, -0.2) is 4.98 Å². The third-order valence-electron chi connectivity index (χ3n) is 3.66. The van der Waals surface area contributed by atoms with Crippen LogP contribution in [0.5, 0.6) is 0 Å². The highest BCUT2D eigenvalue weighted by Gasteiger charge is 2.26. The summed E-state index contributed by atoms with van der Waals surface area (Å²) in [5, 5.41) is 16.2. The summed E-state index contributed by atoms with van der Waals surface area (Å²) in [7, 11) is 3.57. The number of benzene rings is 1. The summed E-state index contributed by atoms with van der Waals surface area (Å²) in [6, 6.07) is 4.26. The predicted molar refractivity (Wildman–Crippen MR) is 89.5 cm³/mol. The van der Waals surface area contributed by atoms with Gasteiger partial charge in [-0.15, -0.1) is 11.3 Å². The molecular weight excluding hydrogens is 316 g/mol. The first-order chi connectivity index (χ1) is 11.0. The van der Waals surface area contributed by atoms with Crippen LogP contribution in [0.3, 0.4) is 0 Å². The zero-order valence-electron chi connectivity index (χ0n) is 12.8. The van der Waals surface area contributed by atoms with Gasteiger partial charge in [-0.2, -0.15) is 0 Å². The maximum Gasteiger partial charge on any atom is 0.270 e. The molecule has 1 heterocycles. The van der Waals surface area contributed by atoms with E-state index in [1.165, 1.54) is 23.5 Å². The first-order valence-corrected chi connectivity index (χ1v) is 8.06. The average molecular weight is 332 g/mol. The van der Waals surface area contributed by atoms with E-state index in [-0.39, 0.29) is 11.3 Å². The lowest BCUT2D eigenvalue weighted by Gasteiger charge is -2.16. The van der Waals surface area contributed by atoms with Crippen LogP contribution in [0.1, 0.15) is 34.8 Å². The number of carbonyl (C=O) groups is 1. The third kappa shape index (κ3) is 3.31. The Bertz CT molecular complexity index is 768. The summed E-state index contributed by atoms with van der Waals surface area (Å²) < 4.78 is 0. The SMILES string of the molecule is CN(C)c1ccc([N+](=O)[O-])cc1C(=O)Nc1nc(C2CC2)cs1. The lowest BCUT2D eigenvalue weighted by atomic mass is 10.1. The second kappa shape index (κ2) is 5.96. The number of nitro groups is 1. The number of anilines is 2. The zero-order valence-corrected chi connectivity index (χ0v) is 13.6. The van der Waals surface area contributed by atoms with Gasteiger partial charge >= 0.3 is 0 Å². The fourth-order valence-corrected chi connectivity index (χ4v) is 3.07. The highest BCUT2D eigenvalue weighted by Crippen LogP contribution is 2.41. The summed E-state index contributed by atoms with van der Waals surface area (Å²) >= 11 is 1.38. The number of carbonyl (C=O) groups excluding carboxylic acids is 1. The molecule has 7 nitrogen and oxygen atoms in total. The standard InChI is InChI=1S/C15H16N4O3S/c1-18(2)13-6-5-10(19(21)22)7-11(13)14(20)17-15-16-12(8-23-15)9-3-4-9/h5-9H,3-4H2,1-2H3,(H,16,17,20). The van der Waals surface area contributed by atoms with Gasteiger partial charge in [0, 0.05) is 43.2 Å². The second-order valence-corrected chi connectivity index (χ2v) is 6.52. The van der Waals surface area contributed by atoms with Crippen molar-refractivity contribution in [3.8, 4) is 0 Å². The Morgan fingerprint density at radius 2 is 2.17 bits per heavy atom. The number of hydrogen-bond acceptors (Lipinski definition) is 6. The zero-order chi connectivity index (χ0) is 16.6. The van der Waals surface area contributed by atoms with Crippen LogP contribution in [0, 0.1) is 10.1 Å². The molecule has 0 spiro atoms. The topological polar surface area (TPSA) is 88.4 Å². The van der Waals surface area contributed by atoms with Crippen molar-refractivity contribution in [1.82, 2.24) is 4.98 Å². The van der Waals surface area contributed by atoms with Gasteiger partial charge < -0.3 is 4.90 Å². The molecule has 1 fully saturated rings. The predicted octanol–water partition coefficient (Wildman–Crippen LogP) is 3.25. The van der Waals surface area contributed by atoms with E-state index < -0.39 is 10.8 Å². The quantitative estimate of drug-likeness (QED) is 0.670. The number of hydrogen-bond donors (Lipinski definition) is 1. The van der Waals surface area contributed by atoms with Crippen LogP contribution in [0.25, 0.3) is 0 Å². The molecule has 0 radical (unpaired) electrons. The molecule has 1 aromatic heterocycles. The van der Waals surface area contributed by atoms with E-state index in [1.807, 2.05) is 5.38 Å². The van der Waals surface area contributed by atoms with Crippen LogP contribution in [0.2, 0.25) is 0 Å². The number of thiazole rings is 1. The van der Waals surface area contributed by atoms with Crippen molar-refractivity contribution in [2.45, 2.75) is 18.8 Å². The van der Waals surface area contributed by atoms with Gasteiger partial charge in [0.2, 0.25) is 0 Å². The van der Waals surface area contributed by atoms with Crippen LogP contribution < -0.4 is 10.2 Å². The highest BCUT2D eigenvalue weighted by molar-refractivity contribution is 7.14. The molecule has 0 saturated heterocycles. The van der Waals surface area contributed by atoms with Gasteiger partial charge in [-0.1, -0.05) is 0 Å². The molecule has 1 amide bonds. The average Bonchev–Trinajstić information content (AvgIpc) is 3.26. The van der Waals surface area contributed by atoms with E-state index in [1.54, 1.807) is 25.1 Å². The molecule has 3 rings (SSSR count). The molecule has 0 atom stereocenters. The van der Waals surface area contributed by atoms with Crippen LogP contribution in [0.4, 0.5) is 16.5 Å². The van der Waals surface area contributed by atoms with Gasteiger partial charge in [0.05, 0.1) is 16.2 Å². The fraction of sp³-hybridized carbons (Fsp3) is 0.333. The van der Waals surface area contributed by atoms with Crippen molar-refractivity contribution in [2.24, 2.45) is 0 Å². The van der Waals surface area contributed by atoms with Crippen LogP contribution in [0.15, 0.2) is 23.6 Å². The number of amides is 1. The van der Waals surface area contributed by atoms with Gasteiger partial charge in [-0.05, 0) is 18.9 Å². The van der Waals surface area contributed by atoms with Gasteiger partial charge in [0.1, 0.15) is 0 Å². The van der Waals surface area contributed by atoms with Crippen molar-refractivity contribution in [2.75, 3.05) is 24.3 Å². The van der Waals surface area contributed by atoms with Gasteiger partial charge in [0.15, 0.2) is 5.13 Å². The summed E-state index contributed by atoms with van der Waals surface area (Å²) in [5.74, 6) is 0.126. The normalized spacial score (nSPS) is 13.7. The molecule has 1 aliphatic rings. The molecule has 0 bridgehead atoms. The minimum Gasteiger partial charge on any atom is -0.377 e. The molecule has 1 saturated carbocycles. The Morgan fingerprint density at radius 3 is 2.78 bits per heavy atom. The third-order valence-corrected chi connectivity index (χ3v) is 4.43. The Balaban J connectivity index is 1.86. The lowest BCUT2D eigenvalue weighted by Crippen LogP contribution is -2.18. The smallest absolute Gasteiger partial charge is 0.270 e. The number of aromatic nitrogens is 1. The van der Waals surface area contributed by atoms with Crippen molar-refractivity contribution in [1.29, 1.82) is 0 Å². The van der Waals surface area contributed by atoms with Crippen LogP contribution in [-0.4, -0.2) is 29.9 Å². The molecule has 8 heteroatoms. The second-order valence-electron chi connectivity index (χ2n) is 5.66. The van der Waals surface area contributed by atoms with Crippen molar-refractivity contribution in [3.05, 3.63) is 45.0 Å². The van der Waals surface area contributed by atoms with E-state index in [4.69, 9.17) is 0 Å². The Morgan fingerprint density at radius 1 is 1.43 bits per heavy atom. The lowest BCUT2D eigenvalue weighted by molar-refractivity contribution is -0.384. The maximum absolute atomic E-state index is 12.5. The molecule has 0 unspecified atom stereocenters. The Labute approximate surface area is 137 Å². The van der Waals surface area contributed by atoms with E-state index in [9.17, 15) is 14.9 Å². The highest BCUT2D eigenvalue weighted by atomic mass is 32.1. The number of nitrogens with one attached hydrogen (secondary N) is 1. The molecule has 2 aromatic rings. The first-order valence-electron chi connectivity index (χ1n) is 7.18. The summed E-state index contributed by atoms with van der Waals surface area (Å²) in [4.78, 5) is 29.1. The molecule has 1 aliphatic carbocycles. The van der Waals surface area contributed by atoms with E-state index >= 15 is 0 Å². The van der Waals surface area contributed by atoms with E-state index in [0.717, 1.165) is 18.5 Å². The molecule has 1 aromatic carbocycles. The van der Waals surface area contributed by atoms with Crippen LogP contribution >= 0.6 is 11.3 Å². The summed E-state index contributed by atoms with van der Waals surface area (Å²) in [5.41, 5.74) is 1.77. The number of rotatable bonds is 5.